The fraction of sp³-hybridized carbons (Fsp3) is 0.308. The molecule has 1 aliphatic rings. The molecule has 0 aromatic heterocycles. The van der Waals surface area contributed by atoms with Gasteiger partial charge < -0.3 is 25.2 Å². The van der Waals surface area contributed by atoms with Gasteiger partial charge in [-0.3, -0.25) is 4.79 Å². The number of amides is 1. The van der Waals surface area contributed by atoms with E-state index in [-0.39, 0.29) is 17.4 Å². The van der Waals surface area contributed by atoms with E-state index in [1.165, 1.54) is 13.2 Å². The van der Waals surface area contributed by atoms with Crippen LogP contribution in [0.3, 0.4) is 0 Å². The lowest BCUT2D eigenvalue weighted by Crippen LogP contribution is -2.37. The van der Waals surface area contributed by atoms with Gasteiger partial charge in [0.05, 0.1) is 24.5 Å². The normalized spacial score (nSPS) is 16.7. The molecule has 0 aliphatic carbocycles. The van der Waals surface area contributed by atoms with Gasteiger partial charge in [-0.25, -0.2) is 4.79 Å². The smallest absolute Gasteiger partial charge is 0.337 e. The number of ether oxygens (including phenoxy) is 2. The summed E-state index contributed by atoms with van der Waals surface area (Å²) in [5, 5.41) is 17.3. The summed E-state index contributed by atoms with van der Waals surface area (Å²) in [4.78, 5) is 24.8. The number of hydrogen-bond acceptors (Lipinski definition) is 5. The zero-order valence-electron chi connectivity index (χ0n) is 18.8. The standard InChI is InChI=1S/C26H28N2O5/c1-16(19-6-4-12-27-15-19)33-21-9-11-22-17(13-21)8-10-23(26(30)31)24(22)28-25(29)18-5-3-7-20(14-18)32-2/h3,5,7-11,13-14,16,19,27H,4,6,12,15H2,1-2H3,(H,28,29)(H,30,31). The van der Waals surface area contributed by atoms with Crippen molar-refractivity contribution in [1.82, 2.24) is 5.32 Å². The second kappa shape index (κ2) is 9.92. The Balaban J connectivity index is 1.63. The molecule has 7 heteroatoms. The number of carboxylic acid groups (broad SMARTS) is 1. The van der Waals surface area contributed by atoms with Gasteiger partial charge in [-0.05, 0) is 74.2 Å². The minimum atomic E-state index is -1.11. The predicted molar refractivity (Wildman–Crippen MR) is 128 cm³/mol. The molecule has 3 N–H and O–H groups in total. The number of hydrogen-bond donors (Lipinski definition) is 3. The van der Waals surface area contributed by atoms with Crippen LogP contribution in [-0.2, 0) is 0 Å². The molecular weight excluding hydrogens is 420 g/mol. The van der Waals surface area contributed by atoms with Crippen LogP contribution in [-0.4, -0.2) is 43.3 Å². The van der Waals surface area contributed by atoms with Crippen LogP contribution in [0.5, 0.6) is 11.5 Å². The van der Waals surface area contributed by atoms with Crippen molar-refractivity contribution in [2.45, 2.75) is 25.9 Å². The van der Waals surface area contributed by atoms with Crippen molar-refractivity contribution in [3.8, 4) is 11.5 Å². The summed E-state index contributed by atoms with van der Waals surface area (Å²) in [6, 6.07) is 15.4. The molecule has 172 valence electrons. The van der Waals surface area contributed by atoms with Crippen molar-refractivity contribution in [2.24, 2.45) is 5.92 Å². The fourth-order valence-corrected chi connectivity index (χ4v) is 4.23. The summed E-state index contributed by atoms with van der Waals surface area (Å²) < 4.78 is 11.4. The zero-order chi connectivity index (χ0) is 23.4. The SMILES string of the molecule is COc1cccc(C(=O)Nc2c(C(=O)O)ccc3cc(OC(C)C4CCCNC4)ccc23)c1. The first-order valence-electron chi connectivity index (χ1n) is 11.1. The van der Waals surface area contributed by atoms with E-state index in [1.807, 2.05) is 12.1 Å². The third-order valence-corrected chi connectivity index (χ3v) is 6.11. The maximum absolute atomic E-state index is 12.9. The largest absolute Gasteiger partial charge is 0.497 e. The second-order valence-corrected chi connectivity index (χ2v) is 8.29. The molecular formula is C26H28N2O5. The molecule has 1 fully saturated rings. The van der Waals surface area contributed by atoms with Crippen molar-refractivity contribution in [3.63, 3.8) is 0 Å². The molecule has 0 saturated carbocycles. The van der Waals surface area contributed by atoms with E-state index in [2.05, 4.69) is 17.6 Å². The maximum atomic E-state index is 12.9. The van der Waals surface area contributed by atoms with Crippen LogP contribution in [0.2, 0.25) is 0 Å². The number of carboxylic acids is 1. The molecule has 1 heterocycles. The minimum Gasteiger partial charge on any atom is -0.497 e. The van der Waals surface area contributed by atoms with Crippen LogP contribution in [0.1, 0.15) is 40.5 Å². The summed E-state index contributed by atoms with van der Waals surface area (Å²) >= 11 is 0. The molecule has 0 radical (unpaired) electrons. The lowest BCUT2D eigenvalue weighted by molar-refractivity contribution is 0.0698. The molecule has 1 saturated heterocycles. The molecule has 7 nitrogen and oxygen atoms in total. The van der Waals surface area contributed by atoms with E-state index in [0.29, 0.717) is 28.4 Å². The third-order valence-electron chi connectivity index (χ3n) is 6.11. The number of methoxy groups -OCH3 is 1. The Hall–Kier alpha value is -3.58. The van der Waals surface area contributed by atoms with E-state index < -0.39 is 11.9 Å². The van der Waals surface area contributed by atoms with Crippen LogP contribution in [0, 0.1) is 5.92 Å². The van der Waals surface area contributed by atoms with Gasteiger partial charge in [0.15, 0.2) is 0 Å². The lowest BCUT2D eigenvalue weighted by Gasteiger charge is -2.28. The van der Waals surface area contributed by atoms with Gasteiger partial charge in [-0.15, -0.1) is 0 Å². The van der Waals surface area contributed by atoms with Crippen molar-refractivity contribution in [2.75, 3.05) is 25.5 Å². The minimum absolute atomic E-state index is 0.0223. The van der Waals surface area contributed by atoms with Crippen molar-refractivity contribution >= 4 is 28.3 Å². The molecule has 2 unspecified atom stereocenters. The summed E-state index contributed by atoms with van der Waals surface area (Å²) in [7, 11) is 1.52. The zero-order valence-corrected chi connectivity index (χ0v) is 18.8. The lowest BCUT2D eigenvalue weighted by atomic mass is 9.94. The molecule has 0 spiro atoms. The van der Waals surface area contributed by atoms with Gasteiger partial charge in [0.1, 0.15) is 11.5 Å². The molecule has 1 amide bonds. The average molecular weight is 449 g/mol. The number of piperidine rings is 1. The Labute approximate surface area is 192 Å². The van der Waals surface area contributed by atoms with Gasteiger partial charge >= 0.3 is 5.97 Å². The number of carbonyl (C=O) groups is 2. The molecule has 3 aromatic carbocycles. The van der Waals surface area contributed by atoms with E-state index in [1.54, 1.807) is 36.4 Å². The van der Waals surface area contributed by atoms with E-state index in [4.69, 9.17) is 9.47 Å². The first-order chi connectivity index (χ1) is 16.0. The Morgan fingerprint density at radius 1 is 1.12 bits per heavy atom. The number of fused-ring (bicyclic) bond motifs is 1. The van der Waals surface area contributed by atoms with Crippen molar-refractivity contribution in [1.29, 1.82) is 0 Å². The Morgan fingerprint density at radius 3 is 2.70 bits per heavy atom. The van der Waals surface area contributed by atoms with Gasteiger partial charge in [0, 0.05) is 23.4 Å². The summed E-state index contributed by atoms with van der Waals surface area (Å²) in [6.07, 6.45) is 2.33. The Morgan fingerprint density at radius 2 is 1.97 bits per heavy atom. The van der Waals surface area contributed by atoms with Crippen molar-refractivity contribution < 1.29 is 24.2 Å². The number of rotatable bonds is 7. The van der Waals surface area contributed by atoms with Gasteiger partial charge in [0.2, 0.25) is 0 Å². The Kier molecular flexibility index (Phi) is 6.79. The molecule has 1 aliphatic heterocycles. The predicted octanol–water partition coefficient (Wildman–Crippen LogP) is 4.57. The fourth-order valence-electron chi connectivity index (χ4n) is 4.23. The van der Waals surface area contributed by atoms with Crippen LogP contribution < -0.4 is 20.1 Å². The summed E-state index contributed by atoms with van der Waals surface area (Å²) in [6.45, 7) is 4.07. The van der Waals surface area contributed by atoms with Crippen LogP contribution in [0.15, 0.2) is 54.6 Å². The van der Waals surface area contributed by atoms with E-state index in [0.717, 1.165) is 31.3 Å². The highest BCUT2D eigenvalue weighted by Crippen LogP contribution is 2.32. The molecule has 2 atom stereocenters. The highest BCUT2D eigenvalue weighted by Gasteiger charge is 2.22. The number of nitrogens with one attached hydrogen (secondary N) is 2. The van der Waals surface area contributed by atoms with Gasteiger partial charge in [-0.2, -0.15) is 0 Å². The van der Waals surface area contributed by atoms with Gasteiger partial charge in [0.25, 0.3) is 5.91 Å². The average Bonchev–Trinajstić information content (AvgIpc) is 2.84. The van der Waals surface area contributed by atoms with Crippen LogP contribution in [0.4, 0.5) is 5.69 Å². The van der Waals surface area contributed by atoms with Crippen LogP contribution >= 0.6 is 0 Å². The van der Waals surface area contributed by atoms with Crippen LogP contribution in [0.25, 0.3) is 10.8 Å². The third kappa shape index (κ3) is 5.09. The maximum Gasteiger partial charge on any atom is 0.337 e. The Bertz CT molecular complexity index is 1170. The van der Waals surface area contributed by atoms with Crippen molar-refractivity contribution in [3.05, 3.63) is 65.7 Å². The van der Waals surface area contributed by atoms with E-state index >= 15 is 0 Å². The molecule has 33 heavy (non-hydrogen) atoms. The number of benzene rings is 3. The quantitative estimate of drug-likeness (QED) is 0.490. The highest BCUT2D eigenvalue weighted by molar-refractivity contribution is 6.14. The van der Waals surface area contributed by atoms with E-state index in [9.17, 15) is 14.7 Å². The topological polar surface area (TPSA) is 96.9 Å². The number of carbonyl (C=O) groups excluding carboxylic acids is 1. The number of anilines is 1. The van der Waals surface area contributed by atoms with Gasteiger partial charge in [-0.1, -0.05) is 12.1 Å². The first-order valence-corrected chi connectivity index (χ1v) is 11.1. The first kappa shape index (κ1) is 22.6. The molecule has 3 aromatic rings. The monoisotopic (exact) mass is 448 g/mol. The highest BCUT2D eigenvalue weighted by atomic mass is 16.5. The summed E-state index contributed by atoms with van der Waals surface area (Å²) in [5.74, 6) is 0.178. The summed E-state index contributed by atoms with van der Waals surface area (Å²) in [5.41, 5.74) is 0.649. The molecule has 4 rings (SSSR count). The second-order valence-electron chi connectivity index (χ2n) is 8.29. The molecule has 0 bridgehead atoms. The number of aromatic carboxylic acids is 1.